The van der Waals surface area contributed by atoms with Crippen LogP contribution in [0.25, 0.3) is 10.9 Å². The molecule has 20 heavy (non-hydrogen) atoms. The number of rotatable bonds is 2. The van der Waals surface area contributed by atoms with Crippen molar-refractivity contribution in [2.75, 3.05) is 0 Å². The maximum absolute atomic E-state index is 12.4. The fourth-order valence-electron chi connectivity index (χ4n) is 2.04. The smallest absolute Gasteiger partial charge is 0.196 e. The minimum absolute atomic E-state index is 0.148. The molecule has 1 heterocycles. The largest absolute Gasteiger partial charge is 0.288 e. The van der Waals surface area contributed by atoms with E-state index in [1.54, 1.807) is 30.3 Å². The van der Waals surface area contributed by atoms with Crippen LogP contribution in [0.3, 0.4) is 0 Å². The summed E-state index contributed by atoms with van der Waals surface area (Å²) in [5.41, 5.74) is 1.68. The van der Waals surface area contributed by atoms with E-state index in [4.69, 9.17) is 23.2 Å². The first-order chi connectivity index (χ1) is 9.66. The minimum Gasteiger partial charge on any atom is -0.288 e. The lowest BCUT2D eigenvalue weighted by Crippen LogP contribution is -2.03. The average Bonchev–Trinajstić information content (AvgIpc) is 2.48. The van der Waals surface area contributed by atoms with Crippen molar-refractivity contribution in [3.8, 4) is 0 Å². The van der Waals surface area contributed by atoms with Crippen LogP contribution in [0.2, 0.25) is 10.0 Å². The van der Waals surface area contributed by atoms with Gasteiger partial charge < -0.3 is 0 Å². The molecule has 2 aromatic carbocycles. The Bertz CT molecular complexity index is 800. The summed E-state index contributed by atoms with van der Waals surface area (Å²) < 4.78 is 0. The van der Waals surface area contributed by atoms with Gasteiger partial charge in [-0.1, -0.05) is 53.5 Å². The number of hydrogen-bond donors (Lipinski definition) is 0. The molecular weight excluding hydrogens is 293 g/mol. The molecule has 0 atom stereocenters. The van der Waals surface area contributed by atoms with Gasteiger partial charge in [0, 0.05) is 22.2 Å². The van der Waals surface area contributed by atoms with E-state index in [0.717, 1.165) is 0 Å². The summed E-state index contributed by atoms with van der Waals surface area (Å²) in [6, 6.07) is 14.2. The highest BCUT2D eigenvalue weighted by Crippen LogP contribution is 2.29. The molecule has 0 fully saturated rings. The Morgan fingerprint density at radius 3 is 2.50 bits per heavy atom. The number of hydrogen-bond acceptors (Lipinski definition) is 2. The quantitative estimate of drug-likeness (QED) is 0.638. The summed E-state index contributed by atoms with van der Waals surface area (Å²) in [5, 5.41) is 1.62. The van der Waals surface area contributed by atoms with Gasteiger partial charge in [-0.05, 0) is 18.2 Å². The van der Waals surface area contributed by atoms with Crippen LogP contribution in [0.15, 0.2) is 54.7 Å². The van der Waals surface area contributed by atoms with Gasteiger partial charge in [-0.2, -0.15) is 0 Å². The molecule has 0 amide bonds. The topological polar surface area (TPSA) is 30.0 Å². The normalized spacial score (nSPS) is 10.7. The van der Waals surface area contributed by atoms with Crippen molar-refractivity contribution in [3.63, 3.8) is 0 Å². The molecule has 0 saturated carbocycles. The molecule has 0 aliphatic heterocycles. The lowest BCUT2D eigenvalue weighted by atomic mass is 10.0. The summed E-state index contributed by atoms with van der Waals surface area (Å²) >= 11 is 12.3. The number of halogens is 2. The van der Waals surface area contributed by atoms with E-state index in [9.17, 15) is 4.79 Å². The van der Waals surface area contributed by atoms with Crippen LogP contribution in [-0.2, 0) is 0 Å². The van der Waals surface area contributed by atoms with Crippen molar-refractivity contribution in [2.24, 2.45) is 0 Å². The first-order valence-corrected chi connectivity index (χ1v) is 6.76. The van der Waals surface area contributed by atoms with E-state index in [2.05, 4.69) is 4.98 Å². The molecule has 0 aliphatic carbocycles. The van der Waals surface area contributed by atoms with Crippen molar-refractivity contribution in [3.05, 3.63) is 75.9 Å². The van der Waals surface area contributed by atoms with Crippen molar-refractivity contribution in [1.29, 1.82) is 0 Å². The van der Waals surface area contributed by atoms with Crippen LogP contribution in [0.5, 0.6) is 0 Å². The van der Waals surface area contributed by atoms with Gasteiger partial charge in [-0.15, -0.1) is 0 Å². The van der Waals surface area contributed by atoms with Crippen LogP contribution in [0.1, 0.15) is 15.9 Å². The molecule has 0 radical (unpaired) electrons. The first kappa shape index (κ1) is 13.1. The number of fused-ring (bicyclic) bond motifs is 1. The maximum atomic E-state index is 12.4. The summed E-state index contributed by atoms with van der Waals surface area (Å²) in [7, 11) is 0. The summed E-state index contributed by atoms with van der Waals surface area (Å²) in [4.78, 5) is 16.7. The Kier molecular flexibility index (Phi) is 3.43. The molecule has 2 nitrogen and oxygen atoms in total. The number of ketones is 1. The second kappa shape index (κ2) is 5.23. The molecule has 1 aromatic heterocycles. The van der Waals surface area contributed by atoms with Gasteiger partial charge in [0.05, 0.1) is 16.1 Å². The SMILES string of the molecule is O=C(c1ccccc1)c1cnc2ccc(Cl)cc2c1Cl. The van der Waals surface area contributed by atoms with Gasteiger partial charge in [-0.3, -0.25) is 9.78 Å². The van der Waals surface area contributed by atoms with Crippen molar-refractivity contribution >= 4 is 39.9 Å². The van der Waals surface area contributed by atoms with Gasteiger partial charge in [-0.25, -0.2) is 0 Å². The number of nitrogens with zero attached hydrogens (tertiary/aromatic N) is 1. The molecule has 98 valence electrons. The molecule has 0 spiro atoms. The summed E-state index contributed by atoms with van der Waals surface area (Å²) in [6.07, 6.45) is 1.51. The van der Waals surface area contributed by atoms with Crippen molar-refractivity contribution in [1.82, 2.24) is 4.98 Å². The van der Waals surface area contributed by atoms with Crippen molar-refractivity contribution < 1.29 is 4.79 Å². The molecule has 0 unspecified atom stereocenters. The fraction of sp³-hybridized carbons (Fsp3) is 0. The first-order valence-electron chi connectivity index (χ1n) is 6.00. The maximum Gasteiger partial charge on any atom is 0.196 e. The zero-order valence-corrected chi connectivity index (χ0v) is 11.8. The van der Waals surface area contributed by atoms with Crippen LogP contribution >= 0.6 is 23.2 Å². The fourth-order valence-corrected chi connectivity index (χ4v) is 2.49. The lowest BCUT2D eigenvalue weighted by Gasteiger charge is -2.07. The number of aromatic nitrogens is 1. The van der Waals surface area contributed by atoms with Gasteiger partial charge in [0.25, 0.3) is 0 Å². The van der Waals surface area contributed by atoms with Crippen LogP contribution in [0.4, 0.5) is 0 Å². The molecule has 0 N–H and O–H groups in total. The summed E-state index contributed by atoms with van der Waals surface area (Å²) in [6.45, 7) is 0. The molecule has 0 saturated heterocycles. The predicted molar refractivity (Wildman–Crippen MR) is 81.6 cm³/mol. The van der Waals surface area contributed by atoms with Gasteiger partial charge in [0.2, 0.25) is 0 Å². The number of pyridine rings is 1. The third-order valence-corrected chi connectivity index (χ3v) is 3.69. The van der Waals surface area contributed by atoms with E-state index < -0.39 is 0 Å². The lowest BCUT2D eigenvalue weighted by molar-refractivity contribution is 0.103. The Labute approximate surface area is 126 Å². The second-order valence-electron chi connectivity index (χ2n) is 4.34. The van der Waals surface area contributed by atoms with E-state index in [-0.39, 0.29) is 5.78 Å². The Morgan fingerprint density at radius 2 is 1.75 bits per heavy atom. The molecule has 4 heteroatoms. The molecule has 3 rings (SSSR count). The number of benzene rings is 2. The highest BCUT2D eigenvalue weighted by atomic mass is 35.5. The van der Waals surface area contributed by atoms with E-state index in [1.807, 2.05) is 18.2 Å². The molecule has 3 aromatic rings. The predicted octanol–water partition coefficient (Wildman–Crippen LogP) is 4.77. The van der Waals surface area contributed by atoms with Crippen LogP contribution < -0.4 is 0 Å². The van der Waals surface area contributed by atoms with E-state index in [0.29, 0.717) is 32.1 Å². The molecule has 0 bridgehead atoms. The van der Waals surface area contributed by atoms with Crippen LogP contribution in [0, 0.1) is 0 Å². The Hall–Kier alpha value is -1.90. The van der Waals surface area contributed by atoms with Gasteiger partial charge in [0.15, 0.2) is 5.78 Å². The summed E-state index contributed by atoms with van der Waals surface area (Å²) in [5.74, 6) is -0.148. The van der Waals surface area contributed by atoms with Crippen LogP contribution in [-0.4, -0.2) is 10.8 Å². The second-order valence-corrected chi connectivity index (χ2v) is 5.16. The average molecular weight is 302 g/mol. The zero-order chi connectivity index (χ0) is 14.1. The van der Waals surface area contributed by atoms with E-state index >= 15 is 0 Å². The van der Waals surface area contributed by atoms with Gasteiger partial charge >= 0.3 is 0 Å². The van der Waals surface area contributed by atoms with Crippen molar-refractivity contribution in [2.45, 2.75) is 0 Å². The highest BCUT2D eigenvalue weighted by Gasteiger charge is 2.15. The molecule has 0 aliphatic rings. The monoisotopic (exact) mass is 301 g/mol. The minimum atomic E-state index is -0.148. The zero-order valence-electron chi connectivity index (χ0n) is 10.3. The molecular formula is C16H9Cl2NO. The Morgan fingerprint density at radius 1 is 1.00 bits per heavy atom. The standard InChI is InChI=1S/C16H9Cl2NO/c17-11-6-7-14-12(8-11)15(18)13(9-19-14)16(20)10-4-2-1-3-5-10/h1-9H. The van der Waals surface area contributed by atoms with Gasteiger partial charge in [0.1, 0.15) is 0 Å². The third kappa shape index (κ3) is 2.28. The highest BCUT2D eigenvalue weighted by molar-refractivity contribution is 6.40. The third-order valence-electron chi connectivity index (χ3n) is 3.04. The number of carbonyl (C=O) groups excluding carboxylic acids is 1. The van der Waals surface area contributed by atoms with E-state index in [1.165, 1.54) is 6.20 Å². The Balaban J connectivity index is 2.18. The number of carbonyl (C=O) groups is 1.